The number of likely N-dealkylation sites (N-methyl/N-ethyl adjacent to an activating group) is 1. The fourth-order valence-electron chi connectivity index (χ4n) is 3.24. The molecular formula is C17H26N4O. The van der Waals surface area contributed by atoms with E-state index in [2.05, 4.69) is 33.7 Å². The fourth-order valence-corrected chi connectivity index (χ4v) is 3.24. The maximum absolute atomic E-state index is 12.3. The number of rotatable bonds is 4. The number of nitrogens with zero attached hydrogens (tertiary/aromatic N) is 2. The van der Waals surface area contributed by atoms with E-state index in [0.29, 0.717) is 6.54 Å². The van der Waals surface area contributed by atoms with Gasteiger partial charge in [-0.2, -0.15) is 0 Å². The van der Waals surface area contributed by atoms with Gasteiger partial charge in [0.15, 0.2) is 0 Å². The number of fused-ring (bicyclic) bond motifs is 1. The number of amides is 1. The Hall–Kier alpha value is -1.43. The monoisotopic (exact) mass is 302 g/mol. The predicted octanol–water partition coefficient (Wildman–Crippen LogP) is 0.196. The van der Waals surface area contributed by atoms with E-state index in [1.165, 1.54) is 16.7 Å². The van der Waals surface area contributed by atoms with Gasteiger partial charge in [0.05, 0.1) is 6.54 Å². The molecule has 0 atom stereocenters. The Balaban J connectivity index is 1.54. The second kappa shape index (κ2) is 7.22. The lowest BCUT2D eigenvalue weighted by molar-refractivity contribution is -0.132. The molecule has 0 radical (unpaired) electrons. The van der Waals surface area contributed by atoms with Gasteiger partial charge in [0.1, 0.15) is 0 Å². The standard InChI is InChI=1S/C17H26N4O/c1-20(13-17(22)21-8-6-18-7-9-21)12-14-2-3-15-4-5-19-11-16(15)10-14/h2-3,10,18-19H,4-9,11-13H2,1H3. The molecule has 22 heavy (non-hydrogen) atoms. The highest BCUT2D eigenvalue weighted by Crippen LogP contribution is 2.16. The third-order valence-corrected chi connectivity index (χ3v) is 4.48. The summed E-state index contributed by atoms with van der Waals surface area (Å²) in [4.78, 5) is 16.4. The van der Waals surface area contributed by atoms with E-state index >= 15 is 0 Å². The molecule has 5 heteroatoms. The largest absolute Gasteiger partial charge is 0.339 e. The van der Waals surface area contributed by atoms with Crippen LogP contribution in [0.1, 0.15) is 16.7 Å². The zero-order valence-corrected chi connectivity index (χ0v) is 13.4. The van der Waals surface area contributed by atoms with E-state index in [4.69, 9.17) is 0 Å². The third kappa shape index (κ3) is 3.85. The van der Waals surface area contributed by atoms with Gasteiger partial charge in [-0.3, -0.25) is 9.69 Å². The molecule has 1 aromatic carbocycles. The number of nitrogens with one attached hydrogen (secondary N) is 2. The molecule has 0 spiro atoms. The Labute approximate surface area is 132 Å². The third-order valence-electron chi connectivity index (χ3n) is 4.48. The zero-order chi connectivity index (χ0) is 15.4. The van der Waals surface area contributed by atoms with Crippen LogP contribution in [0.2, 0.25) is 0 Å². The minimum absolute atomic E-state index is 0.239. The lowest BCUT2D eigenvalue weighted by atomic mass is 9.98. The van der Waals surface area contributed by atoms with Crippen molar-refractivity contribution in [3.8, 4) is 0 Å². The number of piperazine rings is 1. The number of benzene rings is 1. The van der Waals surface area contributed by atoms with Gasteiger partial charge >= 0.3 is 0 Å². The Morgan fingerprint density at radius 2 is 2.00 bits per heavy atom. The number of carbonyl (C=O) groups excluding carboxylic acids is 1. The van der Waals surface area contributed by atoms with Crippen LogP contribution < -0.4 is 10.6 Å². The maximum Gasteiger partial charge on any atom is 0.236 e. The van der Waals surface area contributed by atoms with Crippen LogP contribution in [-0.4, -0.2) is 62.0 Å². The molecule has 1 saturated heterocycles. The summed E-state index contributed by atoms with van der Waals surface area (Å²) in [5.74, 6) is 0.239. The minimum Gasteiger partial charge on any atom is -0.339 e. The SMILES string of the molecule is CN(CC(=O)N1CCNCC1)Cc1ccc2c(c1)CNCC2. The molecule has 5 nitrogen and oxygen atoms in total. The van der Waals surface area contributed by atoms with E-state index < -0.39 is 0 Å². The van der Waals surface area contributed by atoms with Crippen molar-refractivity contribution >= 4 is 5.91 Å². The van der Waals surface area contributed by atoms with Gasteiger partial charge in [0.25, 0.3) is 0 Å². The lowest BCUT2D eigenvalue weighted by Crippen LogP contribution is -2.49. The summed E-state index contributed by atoms with van der Waals surface area (Å²) in [5.41, 5.74) is 4.16. The minimum atomic E-state index is 0.239. The van der Waals surface area contributed by atoms with Crippen molar-refractivity contribution in [2.75, 3.05) is 46.3 Å². The summed E-state index contributed by atoms with van der Waals surface area (Å²) in [7, 11) is 2.03. The van der Waals surface area contributed by atoms with E-state index in [-0.39, 0.29) is 5.91 Å². The quantitative estimate of drug-likeness (QED) is 0.834. The van der Waals surface area contributed by atoms with Crippen molar-refractivity contribution < 1.29 is 4.79 Å². The van der Waals surface area contributed by atoms with Gasteiger partial charge in [-0.1, -0.05) is 18.2 Å². The van der Waals surface area contributed by atoms with Crippen molar-refractivity contribution in [3.05, 3.63) is 34.9 Å². The summed E-state index contributed by atoms with van der Waals surface area (Å²) in [6.07, 6.45) is 1.12. The molecule has 0 aliphatic carbocycles. The molecule has 0 unspecified atom stereocenters. The molecule has 0 aromatic heterocycles. The van der Waals surface area contributed by atoms with Crippen LogP contribution in [0, 0.1) is 0 Å². The first-order chi connectivity index (χ1) is 10.7. The van der Waals surface area contributed by atoms with Crippen LogP contribution in [0.5, 0.6) is 0 Å². The lowest BCUT2D eigenvalue weighted by Gasteiger charge is -2.29. The molecule has 0 saturated carbocycles. The van der Waals surface area contributed by atoms with Gasteiger partial charge in [-0.15, -0.1) is 0 Å². The van der Waals surface area contributed by atoms with Gasteiger partial charge in [-0.05, 0) is 36.7 Å². The first-order valence-electron chi connectivity index (χ1n) is 8.21. The van der Waals surface area contributed by atoms with Crippen molar-refractivity contribution in [2.45, 2.75) is 19.5 Å². The normalized spacial score (nSPS) is 18.4. The maximum atomic E-state index is 12.3. The van der Waals surface area contributed by atoms with Crippen LogP contribution >= 0.6 is 0 Å². The highest BCUT2D eigenvalue weighted by atomic mass is 16.2. The predicted molar refractivity (Wildman–Crippen MR) is 87.6 cm³/mol. The average Bonchev–Trinajstić information content (AvgIpc) is 2.55. The molecule has 2 aliphatic rings. The molecule has 1 fully saturated rings. The first-order valence-corrected chi connectivity index (χ1v) is 8.21. The summed E-state index contributed by atoms with van der Waals surface area (Å²) in [6.45, 7) is 6.84. The fraction of sp³-hybridized carbons (Fsp3) is 0.588. The Kier molecular flexibility index (Phi) is 5.08. The number of hydrogen-bond donors (Lipinski definition) is 2. The molecule has 1 amide bonds. The second-order valence-corrected chi connectivity index (χ2v) is 6.33. The molecule has 2 aliphatic heterocycles. The summed E-state index contributed by atoms with van der Waals surface area (Å²) >= 11 is 0. The van der Waals surface area contributed by atoms with Crippen LogP contribution in [0.3, 0.4) is 0 Å². The molecule has 3 rings (SSSR count). The van der Waals surface area contributed by atoms with Gasteiger partial charge < -0.3 is 15.5 Å². The van der Waals surface area contributed by atoms with E-state index in [1.807, 2.05) is 11.9 Å². The molecule has 120 valence electrons. The van der Waals surface area contributed by atoms with Crippen LogP contribution in [-0.2, 0) is 24.3 Å². The van der Waals surface area contributed by atoms with Crippen molar-refractivity contribution in [2.24, 2.45) is 0 Å². The van der Waals surface area contributed by atoms with Crippen LogP contribution in [0.4, 0.5) is 0 Å². The average molecular weight is 302 g/mol. The Morgan fingerprint density at radius 1 is 1.18 bits per heavy atom. The first kappa shape index (κ1) is 15.5. The molecular weight excluding hydrogens is 276 g/mol. The van der Waals surface area contributed by atoms with E-state index in [1.54, 1.807) is 0 Å². The summed E-state index contributed by atoms with van der Waals surface area (Å²) < 4.78 is 0. The second-order valence-electron chi connectivity index (χ2n) is 6.33. The van der Waals surface area contributed by atoms with Gasteiger partial charge in [-0.25, -0.2) is 0 Å². The highest BCUT2D eigenvalue weighted by Gasteiger charge is 2.18. The number of hydrogen-bond acceptors (Lipinski definition) is 4. The van der Waals surface area contributed by atoms with Crippen molar-refractivity contribution in [1.29, 1.82) is 0 Å². The highest BCUT2D eigenvalue weighted by molar-refractivity contribution is 5.78. The molecule has 2 heterocycles. The van der Waals surface area contributed by atoms with Crippen LogP contribution in [0.15, 0.2) is 18.2 Å². The zero-order valence-electron chi connectivity index (χ0n) is 13.4. The van der Waals surface area contributed by atoms with Gasteiger partial charge in [0, 0.05) is 39.3 Å². The molecule has 2 N–H and O–H groups in total. The molecule has 0 bridgehead atoms. The van der Waals surface area contributed by atoms with Crippen LogP contribution in [0.25, 0.3) is 0 Å². The topological polar surface area (TPSA) is 47.6 Å². The van der Waals surface area contributed by atoms with Crippen molar-refractivity contribution in [3.63, 3.8) is 0 Å². The van der Waals surface area contributed by atoms with Crippen molar-refractivity contribution in [1.82, 2.24) is 20.4 Å². The summed E-state index contributed by atoms with van der Waals surface area (Å²) in [6, 6.07) is 6.74. The Morgan fingerprint density at radius 3 is 2.82 bits per heavy atom. The smallest absolute Gasteiger partial charge is 0.236 e. The number of carbonyl (C=O) groups is 1. The summed E-state index contributed by atoms with van der Waals surface area (Å²) in [5, 5.41) is 6.69. The Bertz CT molecular complexity index is 525. The van der Waals surface area contributed by atoms with Gasteiger partial charge in [0.2, 0.25) is 5.91 Å². The van der Waals surface area contributed by atoms with E-state index in [0.717, 1.165) is 52.2 Å². The van der Waals surface area contributed by atoms with E-state index in [9.17, 15) is 4.79 Å². The molecule has 1 aromatic rings.